The summed E-state index contributed by atoms with van der Waals surface area (Å²) in [5.41, 5.74) is 4.21. The molecule has 0 aliphatic carbocycles. The number of aromatic amines is 1. The molecule has 0 saturated carbocycles. The van der Waals surface area contributed by atoms with Crippen LogP contribution in [0.1, 0.15) is 40.1 Å². The lowest BCUT2D eigenvalue weighted by Crippen LogP contribution is -2.44. The number of amides is 4. The molecule has 1 saturated heterocycles. The number of para-hydroxylation sites is 2. The van der Waals surface area contributed by atoms with Crippen molar-refractivity contribution in [2.24, 2.45) is 0 Å². The maximum Gasteiger partial charge on any atom is 0.332 e. The first-order valence-electron chi connectivity index (χ1n) is 14.1. The van der Waals surface area contributed by atoms with Crippen LogP contribution < -0.4 is 15.0 Å². The predicted octanol–water partition coefficient (Wildman–Crippen LogP) is 6.44. The van der Waals surface area contributed by atoms with E-state index < -0.39 is 35.7 Å². The van der Waals surface area contributed by atoms with Crippen molar-refractivity contribution in [2.45, 2.75) is 25.4 Å². The average molecular weight is 575 g/mol. The van der Waals surface area contributed by atoms with Gasteiger partial charge in [-0.15, -0.1) is 0 Å². The smallest absolute Gasteiger partial charge is 0.332 e. The molecular formula is C34H27FN4O4. The standard InChI is InChI=1S/C34H27FN4O4/c1-2-43-23-17-15-22(16-18-23)36-32(40)25-8-4-6-10-28(25)39-33(41)29-19-26-24-7-3-5-9-27(24)37-30(26)31(38(29)34(39)42)20-11-13-21(35)14-12-20/h3-18,29,31,37H,2,19H2,1H3,(H,36,40)/t29-,31+/m0/s1. The van der Waals surface area contributed by atoms with E-state index in [0.717, 1.165) is 27.1 Å². The van der Waals surface area contributed by atoms with E-state index in [2.05, 4.69) is 10.3 Å². The number of halogens is 1. The third-order valence-corrected chi connectivity index (χ3v) is 8.05. The molecule has 3 heterocycles. The maximum atomic E-state index is 14.3. The number of carbonyl (C=O) groups excluding carboxylic acids is 3. The summed E-state index contributed by atoms with van der Waals surface area (Å²) in [7, 11) is 0. The number of nitrogens with one attached hydrogen (secondary N) is 2. The Morgan fingerprint density at radius 3 is 2.44 bits per heavy atom. The summed E-state index contributed by atoms with van der Waals surface area (Å²) >= 11 is 0. The summed E-state index contributed by atoms with van der Waals surface area (Å²) in [4.78, 5) is 48.0. The second kappa shape index (κ2) is 10.4. The fraction of sp³-hybridized carbons (Fsp3) is 0.147. The monoisotopic (exact) mass is 574 g/mol. The van der Waals surface area contributed by atoms with Gasteiger partial charge in [0.15, 0.2) is 0 Å². The number of hydrogen-bond acceptors (Lipinski definition) is 4. The molecule has 1 fully saturated rings. The third kappa shape index (κ3) is 4.41. The molecule has 4 amide bonds. The number of nitrogens with zero attached hydrogens (tertiary/aromatic N) is 2. The number of aromatic nitrogens is 1. The molecule has 0 unspecified atom stereocenters. The summed E-state index contributed by atoms with van der Waals surface area (Å²) in [5, 5.41) is 3.83. The van der Waals surface area contributed by atoms with Crippen LogP contribution in [0.5, 0.6) is 5.75 Å². The van der Waals surface area contributed by atoms with Crippen LogP contribution in [0.2, 0.25) is 0 Å². The zero-order chi connectivity index (χ0) is 29.7. The Morgan fingerprint density at radius 1 is 0.953 bits per heavy atom. The molecule has 7 rings (SSSR count). The number of imide groups is 1. The van der Waals surface area contributed by atoms with E-state index in [0.29, 0.717) is 30.0 Å². The number of H-pyrrole nitrogens is 1. The van der Waals surface area contributed by atoms with Crippen molar-refractivity contribution in [3.8, 4) is 5.75 Å². The number of fused-ring (bicyclic) bond motifs is 4. The topological polar surface area (TPSA) is 94.7 Å². The summed E-state index contributed by atoms with van der Waals surface area (Å²) < 4.78 is 19.4. The Hall–Kier alpha value is -5.44. The van der Waals surface area contributed by atoms with Crippen molar-refractivity contribution < 1.29 is 23.5 Å². The highest BCUT2D eigenvalue weighted by atomic mass is 19.1. The zero-order valence-corrected chi connectivity index (χ0v) is 23.2. The van der Waals surface area contributed by atoms with E-state index >= 15 is 0 Å². The Labute approximate surface area is 246 Å². The summed E-state index contributed by atoms with van der Waals surface area (Å²) in [6.45, 7) is 2.42. The van der Waals surface area contributed by atoms with Crippen molar-refractivity contribution in [1.29, 1.82) is 0 Å². The first kappa shape index (κ1) is 26.5. The van der Waals surface area contributed by atoms with Crippen LogP contribution in [-0.4, -0.2) is 40.4 Å². The average Bonchev–Trinajstić information content (AvgIpc) is 3.51. The summed E-state index contributed by atoms with van der Waals surface area (Å²) in [6.07, 6.45) is 0.304. The number of rotatable bonds is 6. The van der Waals surface area contributed by atoms with E-state index in [9.17, 15) is 18.8 Å². The molecule has 4 aromatic carbocycles. The van der Waals surface area contributed by atoms with Gasteiger partial charge in [0.2, 0.25) is 0 Å². The number of benzene rings is 4. The second-order valence-electron chi connectivity index (χ2n) is 10.5. The maximum absolute atomic E-state index is 14.3. The highest BCUT2D eigenvalue weighted by Gasteiger charge is 2.53. The van der Waals surface area contributed by atoms with Gasteiger partial charge in [-0.05, 0) is 72.6 Å². The molecule has 9 heteroatoms. The largest absolute Gasteiger partial charge is 0.494 e. The van der Waals surface area contributed by atoms with Gasteiger partial charge in [-0.25, -0.2) is 14.1 Å². The molecule has 214 valence electrons. The summed E-state index contributed by atoms with van der Waals surface area (Å²) in [6, 6.07) is 25.3. The van der Waals surface area contributed by atoms with Gasteiger partial charge >= 0.3 is 6.03 Å². The molecule has 0 bridgehead atoms. The van der Waals surface area contributed by atoms with Gasteiger partial charge in [-0.1, -0.05) is 42.5 Å². The number of carbonyl (C=O) groups is 3. The minimum atomic E-state index is -0.809. The number of ether oxygens (including phenoxy) is 1. The highest BCUT2D eigenvalue weighted by Crippen LogP contribution is 2.45. The highest BCUT2D eigenvalue weighted by molar-refractivity contribution is 6.24. The van der Waals surface area contributed by atoms with Crippen molar-refractivity contribution in [2.75, 3.05) is 16.8 Å². The quantitative estimate of drug-likeness (QED) is 0.228. The first-order valence-corrected chi connectivity index (χ1v) is 14.1. The fourth-order valence-corrected chi connectivity index (χ4v) is 6.15. The number of hydrogen-bond donors (Lipinski definition) is 2. The SMILES string of the molecule is CCOc1ccc(NC(=O)c2ccccc2N2C(=O)[C@@H]3Cc4c([nH]c5ccccc45)[C@@H](c4ccc(F)cc4)N3C2=O)cc1. The first-order chi connectivity index (χ1) is 20.9. The van der Waals surface area contributed by atoms with Gasteiger partial charge in [0, 0.05) is 28.7 Å². The van der Waals surface area contributed by atoms with Gasteiger partial charge < -0.3 is 15.0 Å². The Bertz CT molecular complexity index is 1880. The lowest BCUT2D eigenvalue weighted by atomic mass is 9.89. The van der Waals surface area contributed by atoms with Crippen LogP contribution in [-0.2, 0) is 11.2 Å². The molecule has 8 nitrogen and oxygen atoms in total. The molecule has 1 aromatic heterocycles. The Balaban J connectivity index is 1.27. The van der Waals surface area contributed by atoms with Gasteiger partial charge in [-0.2, -0.15) is 0 Å². The van der Waals surface area contributed by atoms with E-state index in [1.54, 1.807) is 65.6 Å². The van der Waals surface area contributed by atoms with Crippen molar-refractivity contribution in [1.82, 2.24) is 9.88 Å². The lowest BCUT2D eigenvalue weighted by Gasteiger charge is -2.36. The molecule has 0 radical (unpaired) electrons. The van der Waals surface area contributed by atoms with Gasteiger partial charge in [-0.3, -0.25) is 14.5 Å². The van der Waals surface area contributed by atoms with Gasteiger partial charge in [0.1, 0.15) is 23.7 Å². The minimum absolute atomic E-state index is 0.181. The lowest BCUT2D eigenvalue weighted by molar-refractivity contribution is -0.120. The third-order valence-electron chi connectivity index (χ3n) is 8.05. The van der Waals surface area contributed by atoms with Crippen molar-refractivity contribution >= 4 is 40.1 Å². The van der Waals surface area contributed by atoms with E-state index in [1.165, 1.54) is 12.1 Å². The molecule has 2 aliphatic rings. The Kier molecular flexibility index (Phi) is 6.42. The van der Waals surface area contributed by atoms with Crippen LogP contribution >= 0.6 is 0 Å². The normalized spacial score (nSPS) is 17.6. The van der Waals surface area contributed by atoms with Gasteiger partial charge in [0.05, 0.1) is 17.9 Å². The fourth-order valence-electron chi connectivity index (χ4n) is 6.15. The Morgan fingerprint density at radius 2 is 1.67 bits per heavy atom. The predicted molar refractivity (Wildman–Crippen MR) is 161 cm³/mol. The van der Waals surface area contributed by atoms with Crippen molar-refractivity contribution in [3.63, 3.8) is 0 Å². The zero-order valence-electron chi connectivity index (χ0n) is 23.2. The van der Waals surface area contributed by atoms with Crippen LogP contribution in [0.3, 0.4) is 0 Å². The second-order valence-corrected chi connectivity index (χ2v) is 10.5. The molecule has 2 aliphatic heterocycles. The van der Waals surface area contributed by atoms with Crippen LogP contribution in [0.4, 0.5) is 20.6 Å². The molecule has 43 heavy (non-hydrogen) atoms. The molecule has 0 spiro atoms. The van der Waals surface area contributed by atoms with Gasteiger partial charge in [0.25, 0.3) is 11.8 Å². The van der Waals surface area contributed by atoms with Crippen LogP contribution in [0.25, 0.3) is 10.9 Å². The van der Waals surface area contributed by atoms with E-state index in [1.807, 2.05) is 31.2 Å². The molecule has 2 N–H and O–H groups in total. The molecule has 2 atom stereocenters. The van der Waals surface area contributed by atoms with E-state index in [-0.39, 0.29) is 11.3 Å². The van der Waals surface area contributed by atoms with Crippen LogP contribution in [0, 0.1) is 5.82 Å². The number of anilines is 2. The minimum Gasteiger partial charge on any atom is -0.494 e. The molecule has 5 aromatic rings. The van der Waals surface area contributed by atoms with Crippen LogP contribution in [0.15, 0.2) is 97.1 Å². The molecular weight excluding hydrogens is 547 g/mol. The van der Waals surface area contributed by atoms with E-state index in [4.69, 9.17) is 4.74 Å². The number of urea groups is 1. The summed E-state index contributed by atoms with van der Waals surface area (Å²) in [5.74, 6) is -0.601. The van der Waals surface area contributed by atoms with Crippen molar-refractivity contribution in [3.05, 3.63) is 125 Å².